The van der Waals surface area contributed by atoms with E-state index in [1.807, 2.05) is 61.5 Å². The third kappa shape index (κ3) is 5.39. The summed E-state index contributed by atoms with van der Waals surface area (Å²) in [6.45, 7) is 11.1. The summed E-state index contributed by atoms with van der Waals surface area (Å²) in [6.07, 6.45) is 5.55. The minimum atomic E-state index is -3.51. The smallest absolute Gasteiger partial charge is 0.263 e. The van der Waals surface area contributed by atoms with Gasteiger partial charge in [0.15, 0.2) is 0 Å². The lowest BCUT2D eigenvalue weighted by atomic mass is 9.98. The van der Waals surface area contributed by atoms with E-state index >= 15 is 0 Å². The Bertz CT molecular complexity index is 1950. The molecule has 1 atom stereocenters. The fraction of sp³-hybridized carbons (Fsp3) is 0.138. The summed E-state index contributed by atoms with van der Waals surface area (Å²) in [5.74, 6) is 0.907. The van der Waals surface area contributed by atoms with Gasteiger partial charge in [0.2, 0.25) is 15.7 Å². The van der Waals surface area contributed by atoms with E-state index in [2.05, 4.69) is 29.8 Å². The van der Waals surface area contributed by atoms with E-state index in [0.717, 1.165) is 6.26 Å². The summed E-state index contributed by atoms with van der Waals surface area (Å²) in [4.78, 5) is 30.6. The van der Waals surface area contributed by atoms with Gasteiger partial charge in [-0.2, -0.15) is 0 Å². The van der Waals surface area contributed by atoms with Gasteiger partial charge in [-0.05, 0) is 49.1 Å². The quantitative estimate of drug-likeness (QED) is 0.265. The van der Waals surface area contributed by atoms with Gasteiger partial charge in [-0.15, -0.1) is 0 Å². The van der Waals surface area contributed by atoms with Gasteiger partial charge in [0, 0.05) is 29.3 Å². The van der Waals surface area contributed by atoms with Crippen molar-refractivity contribution in [1.29, 1.82) is 0 Å². The normalized spacial score (nSPS) is 12.1. The highest BCUT2D eigenvalue weighted by molar-refractivity contribution is 7.92. The molecule has 0 aliphatic rings. The number of nitrogens with zero attached hydrogens (tertiary/aromatic N) is 5. The molecule has 0 radical (unpaired) electrons. The maximum Gasteiger partial charge on any atom is 0.263 e. The van der Waals surface area contributed by atoms with Crippen molar-refractivity contribution in [2.45, 2.75) is 19.9 Å². The van der Waals surface area contributed by atoms with E-state index in [0.29, 0.717) is 50.6 Å². The van der Waals surface area contributed by atoms with E-state index < -0.39 is 16.1 Å². The SMILES string of the molecule is [C-]#[N+]c1cnc(C)nc1N[C@@H](C)c1cc2cccc(-c3cncc(NS(C)(=O)=O)c3)c2c(=O)n1-c1ccccc1. The zero-order chi connectivity index (χ0) is 28.4. The maximum absolute atomic E-state index is 14.3. The van der Waals surface area contributed by atoms with Crippen LogP contribution in [0.15, 0.2) is 84.0 Å². The van der Waals surface area contributed by atoms with Crippen molar-refractivity contribution in [3.63, 3.8) is 0 Å². The Morgan fingerprint density at radius 1 is 1.02 bits per heavy atom. The predicted octanol–water partition coefficient (Wildman–Crippen LogP) is 5.25. The Morgan fingerprint density at radius 3 is 2.52 bits per heavy atom. The van der Waals surface area contributed by atoms with Gasteiger partial charge in [0.1, 0.15) is 11.6 Å². The van der Waals surface area contributed by atoms with Crippen LogP contribution in [-0.2, 0) is 10.0 Å². The number of benzene rings is 2. The molecule has 3 aromatic heterocycles. The van der Waals surface area contributed by atoms with Crippen molar-refractivity contribution in [3.8, 4) is 16.8 Å². The molecule has 0 amide bonds. The lowest BCUT2D eigenvalue weighted by molar-refractivity contribution is 0.607. The van der Waals surface area contributed by atoms with E-state index in [1.165, 1.54) is 12.4 Å². The van der Waals surface area contributed by atoms with Crippen molar-refractivity contribution in [3.05, 3.63) is 113 Å². The Balaban J connectivity index is 1.72. The first-order valence-electron chi connectivity index (χ1n) is 12.3. The van der Waals surface area contributed by atoms with Gasteiger partial charge in [0.25, 0.3) is 5.56 Å². The van der Waals surface area contributed by atoms with Crippen LogP contribution >= 0.6 is 0 Å². The number of nitrogens with one attached hydrogen (secondary N) is 2. The fourth-order valence-corrected chi connectivity index (χ4v) is 5.11. The number of hydrogen-bond acceptors (Lipinski definition) is 7. The second kappa shape index (κ2) is 10.6. The number of pyridine rings is 2. The summed E-state index contributed by atoms with van der Waals surface area (Å²) in [5.41, 5.74) is 2.86. The monoisotopic (exact) mass is 551 g/mol. The van der Waals surface area contributed by atoms with E-state index in [9.17, 15) is 13.2 Å². The zero-order valence-corrected chi connectivity index (χ0v) is 22.8. The number of aromatic nitrogens is 4. The molecule has 0 saturated carbocycles. The molecule has 11 heteroatoms. The van der Waals surface area contributed by atoms with Crippen LogP contribution < -0.4 is 15.6 Å². The van der Waals surface area contributed by atoms with Crippen molar-refractivity contribution < 1.29 is 8.42 Å². The molecule has 5 aromatic rings. The highest BCUT2D eigenvalue weighted by Gasteiger charge is 2.20. The number of sulfonamides is 1. The molecule has 0 spiro atoms. The van der Waals surface area contributed by atoms with Crippen molar-refractivity contribution in [1.82, 2.24) is 19.5 Å². The molecular weight excluding hydrogens is 526 g/mol. The summed E-state index contributed by atoms with van der Waals surface area (Å²) < 4.78 is 27.6. The molecule has 2 N–H and O–H groups in total. The van der Waals surface area contributed by atoms with Crippen LogP contribution in [0.25, 0.3) is 32.4 Å². The number of rotatable bonds is 7. The number of fused-ring (bicyclic) bond motifs is 1. The average Bonchev–Trinajstić information content (AvgIpc) is 2.92. The Morgan fingerprint density at radius 2 is 1.80 bits per heavy atom. The van der Waals surface area contributed by atoms with Gasteiger partial charge in [-0.1, -0.05) is 36.4 Å². The van der Waals surface area contributed by atoms with Crippen LogP contribution in [0.3, 0.4) is 0 Å². The predicted molar refractivity (Wildman–Crippen MR) is 156 cm³/mol. The van der Waals surface area contributed by atoms with Gasteiger partial charge >= 0.3 is 0 Å². The number of aryl methyl sites for hydroxylation is 1. The number of para-hydroxylation sites is 1. The molecule has 200 valence electrons. The number of hydrogen-bond donors (Lipinski definition) is 2. The summed E-state index contributed by atoms with van der Waals surface area (Å²) >= 11 is 0. The molecule has 0 unspecified atom stereocenters. The second-order valence-corrected chi connectivity index (χ2v) is 11.0. The Hall–Kier alpha value is -5.08. The molecule has 2 aromatic carbocycles. The molecule has 0 fully saturated rings. The maximum atomic E-state index is 14.3. The van der Waals surface area contributed by atoms with Crippen molar-refractivity contribution in [2.75, 3.05) is 16.3 Å². The lowest BCUT2D eigenvalue weighted by Crippen LogP contribution is -2.26. The average molecular weight is 552 g/mol. The van der Waals surface area contributed by atoms with Gasteiger partial charge < -0.3 is 5.32 Å². The summed E-state index contributed by atoms with van der Waals surface area (Å²) in [6, 6.07) is 18.0. The molecule has 0 bridgehead atoms. The van der Waals surface area contributed by atoms with Crippen LogP contribution in [-0.4, -0.2) is 34.2 Å². The molecule has 5 rings (SSSR count). The molecule has 40 heavy (non-hydrogen) atoms. The van der Waals surface area contributed by atoms with E-state index in [1.54, 1.807) is 23.8 Å². The second-order valence-electron chi connectivity index (χ2n) is 9.28. The van der Waals surface area contributed by atoms with Gasteiger partial charge in [-0.25, -0.2) is 18.2 Å². The van der Waals surface area contributed by atoms with Gasteiger partial charge in [0.05, 0.1) is 36.1 Å². The largest absolute Gasteiger partial charge is 0.371 e. The van der Waals surface area contributed by atoms with E-state index in [4.69, 9.17) is 6.57 Å². The first kappa shape index (κ1) is 26.5. The van der Waals surface area contributed by atoms with Crippen LogP contribution in [0.2, 0.25) is 0 Å². The minimum Gasteiger partial charge on any atom is -0.371 e. The fourth-order valence-electron chi connectivity index (χ4n) is 4.57. The lowest BCUT2D eigenvalue weighted by Gasteiger charge is -2.22. The third-order valence-electron chi connectivity index (χ3n) is 6.25. The van der Waals surface area contributed by atoms with Crippen molar-refractivity contribution in [2.24, 2.45) is 0 Å². The molecule has 10 nitrogen and oxygen atoms in total. The summed E-state index contributed by atoms with van der Waals surface area (Å²) in [5, 5.41) is 4.45. The Labute approximate surface area is 231 Å². The molecule has 3 heterocycles. The standard InChI is InChI=1S/C29H25N7O3S/c1-18(33-28-25(30-3)17-32-19(2)34-28)26-14-20-9-8-12-24(21-13-22(16-31-15-21)35-40(4,38)39)27(20)29(37)36(26)23-10-6-5-7-11-23/h5-18,35H,1-2,4H3,(H,32,33,34)/t18-/m0/s1. The van der Waals surface area contributed by atoms with Crippen LogP contribution in [0.1, 0.15) is 24.5 Å². The van der Waals surface area contributed by atoms with Crippen LogP contribution in [0.5, 0.6) is 0 Å². The molecular formula is C29H25N7O3S. The topological polar surface area (TPSA) is 123 Å². The molecule has 0 aliphatic carbocycles. The van der Waals surface area contributed by atoms with Crippen molar-refractivity contribution >= 4 is 38.0 Å². The Kier molecular flexibility index (Phi) is 7.02. The van der Waals surface area contributed by atoms with Gasteiger partial charge in [-0.3, -0.25) is 24.1 Å². The summed E-state index contributed by atoms with van der Waals surface area (Å²) in [7, 11) is -3.51. The van der Waals surface area contributed by atoms with Crippen LogP contribution in [0.4, 0.5) is 17.2 Å². The minimum absolute atomic E-state index is 0.256. The highest BCUT2D eigenvalue weighted by Crippen LogP contribution is 2.32. The molecule has 0 aliphatic heterocycles. The highest BCUT2D eigenvalue weighted by atomic mass is 32.2. The van der Waals surface area contributed by atoms with E-state index in [-0.39, 0.29) is 11.2 Å². The third-order valence-corrected chi connectivity index (χ3v) is 6.86. The number of anilines is 2. The zero-order valence-electron chi connectivity index (χ0n) is 22.0. The van der Waals surface area contributed by atoms with Crippen LogP contribution in [0, 0.1) is 13.5 Å². The molecule has 0 saturated heterocycles. The first-order chi connectivity index (χ1) is 19.1. The first-order valence-corrected chi connectivity index (χ1v) is 14.2.